The Morgan fingerprint density at radius 2 is 1.86 bits per heavy atom. The number of halogens is 4. The van der Waals surface area contributed by atoms with Crippen molar-refractivity contribution in [2.24, 2.45) is 0 Å². The molecule has 1 aliphatic heterocycles. The number of alkyl halides is 3. The van der Waals surface area contributed by atoms with Crippen molar-refractivity contribution in [3.8, 4) is 11.3 Å². The molecule has 0 saturated carbocycles. The average molecular weight is 510 g/mol. The van der Waals surface area contributed by atoms with E-state index in [-0.39, 0.29) is 11.3 Å². The molecule has 1 amide bonds. The van der Waals surface area contributed by atoms with Crippen molar-refractivity contribution in [3.63, 3.8) is 0 Å². The first-order valence-corrected chi connectivity index (χ1v) is 10.8. The van der Waals surface area contributed by atoms with Crippen LogP contribution in [0, 0.1) is 5.82 Å². The summed E-state index contributed by atoms with van der Waals surface area (Å²) in [6, 6.07) is 7.98. The van der Waals surface area contributed by atoms with E-state index in [1.54, 1.807) is 6.07 Å². The Kier molecular flexibility index (Phi) is 7.09. The smallest absolute Gasteiger partial charge is 0.394 e. The normalized spacial score (nSPS) is 24.5. The van der Waals surface area contributed by atoms with E-state index in [9.17, 15) is 37.7 Å². The number of amides is 1. The quantitative estimate of drug-likeness (QED) is 0.448. The SMILES string of the molecule is CN(C(=O)c1cccc(C(F)(F)F)c1)C1OC(CO)C(O)C(n2cc(-c3cccc(F)c3)nn2)C1O. The number of nitrogens with zero attached hydrogens (tertiary/aromatic N) is 4. The van der Waals surface area contributed by atoms with E-state index >= 15 is 0 Å². The molecule has 1 aliphatic rings. The Hall–Kier alpha value is -3.39. The fourth-order valence-electron chi connectivity index (χ4n) is 4.07. The second-order valence-corrected chi connectivity index (χ2v) is 8.31. The zero-order valence-corrected chi connectivity index (χ0v) is 18.7. The lowest BCUT2D eigenvalue weighted by molar-refractivity contribution is -0.235. The minimum atomic E-state index is -4.67. The molecule has 0 radical (unpaired) electrons. The molecule has 1 aromatic heterocycles. The van der Waals surface area contributed by atoms with Crippen molar-refractivity contribution in [1.29, 1.82) is 0 Å². The van der Waals surface area contributed by atoms with E-state index < -0.39 is 60.7 Å². The van der Waals surface area contributed by atoms with E-state index in [0.717, 1.165) is 21.7 Å². The number of rotatable bonds is 5. The Labute approximate surface area is 202 Å². The summed E-state index contributed by atoms with van der Waals surface area (Å²) in [6.07, 6.45) is -9.21. The molecule has 3 N–H and O–H groups in total. The van der Waals surface area contributed by atoms with Gasteiger partial charge in [0.25, 0.3) is 5.91 Å². The summed E-state index contributed by atoms with van der Waals surface area (Å²) in [7, 11) is 1.21. The third-order valence-corrected chi connectivity index (χ3v) is 5.94. The summed E-state index contributed by atoms with van der Waals surface area (Å²) < 4.78 is 59.5. The second-order valence-electron chi connectivity index (χ2n) is 8.31. The number of hydrogen-bond donors (Lipinski definition) is 3. The van der Waals surface area contributed by atoms with E-state index in [2.05, 4.69) is 10.3 Å². The number of hydrogen-bond acceptors (Lipinski definition) is 7. The molecule has 36 heavy (non-hydrogen) atoms. The molecule has 13 heteroatoms. The maximum atomic E-state index is 13.6. The van der Waals surface area contributed by atoms with Gasteiger partial charge >= 0.3 is 6.18 Å². The average Bonchev–Trinajstić information content (AvgIpc) is 3.33. The molecule has 2 heterocycles. The van der Waals surface area contributed by atoms with Gasteiger partial charge in [0.2, 0.25) is 0 Å². The van der Waals surface area contributed by atoms with Gasteiger partial charge in [0.1, 0.15) is 35.9 Å². The van der Waals surface area contributed by atoms with Crippen LogP contribution in [0.25, 0.3) is 11.3 Å². The highest BCUT2D eigenvalue weighted by atomic mass is 19.4. The predicted molar refractivity (Wildman–Crippen MR) is 116 cm³/mol. The lowest BCUT2D eigenvalue weighted by Gasteiger charge is -2.45. The lowest BCUT2D eigenvalue weighted by atomic mass is 9.94. The van der Waals surface area contributed by atoms with Gasteiger partial charge in [-0.2, -0.15) is 13.2 Å². The number of aliphatic hydroxyl groups is 3. The van der Waals surface area contributed by atoms with Crippen molar-refractivity contribution < 1.29 is 42.4 Å². The van der Waals surface area contributed by atoms with Gasteiger partial charge in [-0.15, -0.1) is 5.10 Å². The second kappa shape index (κ2) is 9.93. The van der Waals surface area contributed by atoms with Gasteiger partial charge in [-0.05, 0) is 30.3 Å². The van der Waals surface area contributed by atoms with Crippen molar-refractivity contribution in [2.75, 3.05) is 13.7 Å². The molecule has 5 atom stereocenters. The molecule has 3 aromatic rings. The van der Waals surface area contributed by atoms with E-state index in [4.69, 9.17) is 4.74 Å². The molecule has 0 spiro atoms. The van der Waals surface area contributed by atoms with Crippen molar-refractivity contribution >= 4 is 5.91 Å². The summed E-state index contributed by atoms with van der Waals surface area (Å²) in [5.74, 6) is -1.40. The first-order chi connectivity index (χ1) is 17.0. The Balaban J connectivity index is 1.63. The van der Waals surface area contributed by atoms with Crippen LogP contribution in [0.1, 0.15) is 22.0 Å². The molecule has 0 aliphatic carbocycles. The van der Waals surface area contributed by atoms with Crippen LogP contribution in [-0.2, 0) is 10.9 Å². The molecule has 192 valence electrons. The summed E-state index contributed by atoms with van der Waals surface area (Å²) >= 11 is 0. The summed E-state index contributed by atoms with van der Waals surface area (Å²) in [6.45, 7) is -0.697. The highest BCUT2D eigenvalue weighted by Crippen LogP contribution is 2.33. The van der Waals surface area contributed by atoms with E-state index in [0.29, 0.717) is 11.6 Å². The lowest BCUT2D eigenvalue weighted by Crippen LogP contribution is -2.61. The highest BCUT2D eigenvalue weighted by molar-refractivity contribution is 5.94. The Morgan fingerprint density at radius 3 is 2.53 bits per heavy atom. The fraction of sp³-hybridized carbons (Fsp3) is 0.348. The van der Waals surface area contributed by atoms with E-state index in [1.165, 1.54) is 37.5 Å². The summed E-state index contributed by atoms with van der Waals surface area (Å²) in [5, 5.41) is 39.4. The van der Waals surface area contributed by atoms with Crippen LogP contribution >= 0.6 is 0 Å². The van der Waals surface area contributed by atoms with E-state index in [1.807, 2.05) is 0 Å². The van der Waals surface area contributed by atoms with Gasteiger partial charge in [0.15, 0.2) is 6.23 Å². The zero-order valence-electron chi connectivity index (χ0n) is 18.7. The summed E-state index contributed by atoms with van der Waals surface area (Å²) in [4.78, 5) is 13.9. The minimum Gasteiger partial charge on any atom is -0.394 e. The molecule has 1 saturated heterocycles. The van der Waals surface area contributed by atoms with Crippen LogP contribution in [0.4, 0.5) is 17.6 Å². The van der Waals surface area contributed by atoms with Crippen LogP contribution in [0.2, 0.25) is 0 Å². The summed E-state index contributed by atoms with van der Waals surface area (Å²) in [5.41, 5.74) is -0.725. The molecule has 4 rings (SSSR count). The molecular formula is C23H22F4N4O5. The van der Waals surface area contributed by atoms with Gasteiger partial charge in [0, 0.05) is 18.2 Å². The number of carbonyl (C=O) groups is 1. The number of benzene rings is 2. The van der Waals surface area contributed by atoms with Crippen LogP contribution < -0.4 is 0 Å². The molecule has 2 aromatic carbocycles. The maximum absolute atomic E-state index is 13.6. The van der Waals surface area contributed by atoms with Gasteiger partial charge in [0.05, 0.1) is 18.4 Å². The van der Waals surface area contributed by atoms with Crippen LogP contribution in [0.15, 0.2) is 54.7 Å². The predicted octanol–water partition coefficient (Wildman–Crippen LogP) is 1.86. The third-order valence-electron chi connectivity index (χ3n) is 5.94. The Morgan fingerprint density at radius 1 is 1.14 bits per heavy atom. The van der Waals surface area contributed by atoms with Crippen molar-refractivity contribution in [2.45, 2.75) is 36.8 Å². The Bertz CT molecular complexity index is 1240. The molecule has 5 unspecified atom stereocenters. The number of aliphatic hydroxyl groups excluding tert-OH is 3. The van der Waals surface area contributed by atoms with Gasteiger partial charge in [-0.1, -0.05) is 23.4 Å². The van der Waals surface area contributed by atoms with Gasteiger partial charge in [-0.25, -0.2) is 9.07 Å². The number of carbonyl (C=O) groups excluding carboxylic acids is 1. The van der Waals surface area contributed by atoms with Gasteiger partial charge in [-0.3, -0.25) is 4.79 Å². The monoisotopic (exact) mass is 510 g/mol. The number of aromatic nitrogens is 3. The maximum Gasteiger partial charge on any atom is 0.416 e. The molecule has 0 bridgehead atoms. The van der Waals surface area contributed by atoms with Crippen LogP contribution in [0.3, 0.4) is 0 Å². The topological polar surface area (TPSA) is 121 Å². The number of ether oxygens (including phenoxy) is 1. The van der Waals surface area contributed by atoms with Crippen LogP contribution in [-0.4, -0.2) is 79.3 Å². The zero-order chi connectivity index (χ0) is 26.2. The first-order valence-electron chi connectivity index (χ1n) is 10.8. The minimum absolute atomic E-state index is 0.228. The molecule has 1 fully saturated rings. The van der Waals surface area contributed by atoms with Crippen molar-refractivity contribution in [1.82, 2.24) is 19.9 Å². The molecule has 9 nitrogen and oxygen atoms in total. The van der Waals surface area contributed by atoms with Gasteiger partial charge < -0.3 is 25.0 Å². The first kappa shape index (κ1) is 25.7. The molecular weight excluding hydrogens is 488 g/mol. The fourth-order valence-corrected chi connectivity index (χ4v) is 4.07. The number of likely N-dealkylation sites (N-methyl/N-ethyl adjacent to an activating group) is 1. The third kappa shape index (κ3) is 4.95. The highest BCUT2D eigenvalue weighted by Gasteiger charge is 2.48. The van der Waals surface area contributed by atoms with Crippen molar-refractivity contribution in [3.05, 3.63) is 71.7 Å². The standard InChI is InChI=1S/C23H22F4N4O5/c1-30(21(35)13-5-2-6-14(8-13)23(25,26)27)22-20(34)18(19(33)17(11-32)36-22)31-10-16(28-29-31)12-4-3-7-15(24)9-12/h2-10,17-20,22,32-34H,11H2,1H3. The van der Waals surface area contributed by atoms with Crippen LogP contribution in [0.5, 0.6) is 0 Å². The largest absolute Gasteiger partial charge is 0.416 e.